The van der Waals surface area contributed by atoms with Crippen LogP contribution < -0.4 is 9.62 Å². The van der Waals surface area contributed by atoms with Crippen LogP contribution in [0.1, 0.15) is 34.8 Å². The lowest BCUT2D eigenvalue weighted by atomic mass is 10.1. The van der Waals surface area contributed by atoms with Gasteiger partial charge in [-0.25, -0.2) is 9.88 Å². The Balaban J connectivity index is 1.36. The van der Waals surface area contributed by atoms with Crippen LogP contribution in [0.3, 0.4) is 0 Å². The van der Waals surface area contributed by atoms with Crippen LogP contribution in [0.15, 0.2) is 53.9 Å². The van der Waals surface area contributed by atoms with Crippen molar-refractivity contribution < 1.29 is 23.1 Å². The smallest absolute Gasteiger partial charge is 0.322 e. The lowest BCUT2D eigenvalue weighted by molar-refractivity contribution is -0.140. The fraction of sp³-hybridized carbons (Fsp3) is 0.310. The number of hydrogen-bond acceptors (Lipinski definition) is 8. The third-order valence-electron chi connectivity index (χ3n) is 6.70. The molecule has 13 heteroatoms. The fourth-order valence-corrected chi connectivity index (χ4v) is 6.45. The average molecular weight is 607 g/mol. The van der Waals surface area contributed by atoms with Gasteiger partial charge in [-0.2, -0.15) is 22.7 Å². The number of benzene rings is 2. The van der Waals surface area contributed by atoms with Gasteiger partial charge in [0.2, 0.25) is 0 Å². The molecule has 0 saturated carbocycles. The van der Waals surface area contributed by atoms with Gasteiger partial charge in [-0.1, -0.05) is 31.9 Å². The number of thiazole rings is 1. The van der Waals surface area contributed by atoms with E-state index in [2.05, 4.69) is 26.4 Å². The molecular weight excluding hydrogens is 576 g/mol. The van der Waals surface area contributed by atoms with Gasteiger partial charge in [0.05, 0.1) is 5.69 Å². The van der Waals surface area contributed by atoms with Crippen molar-refractivity contribution in [2.45, 2.75) is 19.9 Å². The van der Waals surface area contributed by atoms with Crippen molar-refractivity contribution in [2.75, 3.05) is 38.1 Å². The van der Waals surface area contributed by atoms with Crippen molar-refractivity contribution >= 4 is 39.1 Å². The Kier molecular flexibility index (Phi) is 9.60. The lowest BCUT2D eigenvalue weighted by Crippen LogP contribution is -2.55. The van der Waals surface area contributed by atoms with E-state index < -0.39 is 28.1 Å². The minimum absolute atomic E-state index is 0.236. The molecule has 1 amide bonds. The maximum absolute atomic E-state index is 12.7. The highest BCUT2D eigenvalue weighted by Crippen LogP contribution is 2.23. The van der Waals surface area contributed by atoms with Crippen molar-refractivity contribution in [1.82, 2.24) is 18.9 Å². The third-order valence-corrected chi connectivity index (χ3v) is 9.05. The van der Waals surface area contributed by atoms with Crippen LogP contribution in [-0.2, 0) is 15.0 Å². The van der Waals surface area contributed by atoms with E-state index in [1.165, 1.54) is 22.7 Å². The molecule has 0 aliphatic carbocycles. The second-order valence-electron chi connectivity index (χ2n) is 9.95. The van der Waals surface area contributed by atoms with Crippen molar-refractivity contribution in [3.63, 3.8) is 0 Å². The predicted molar refractivity (Wildman–Crippen MR) is 160 cm³/mol. The molecule has 1 aromatic heterocycles. The summed E-state index contributed by atoms with van der Waals surface area (Å²) in [5, 5.41) is 20.8. The van der Waals surface area contributed by atoms with E-state index in [0.717, 1.165) is 21.7 Å². The van der Waals surface area contributed by atoms with Crippen molar-refractivity contribution in [3.8, 4) is 29.3 Å². The van der Waals surface area contributed by atoms with E-state index in [1.54, 1.807) is 38.2 Å². The van der Waals surface area contributed by atoms with Crippen molar-refractivity contribution in [3.05, 3.63) is 70.0 Å². The molecule has 1 saturated heterocycles. The highest BCUT2D eigenvalue weighted by atomic mass is 32.2. The van der Waals surface area contributed by atoms with Gasteiger partial charge in [0.15, 0.2) is 11.2 Å². The highest BCUT2D eigenvalue weighted by molar-refractivity contribution is 7.87. The van der Waals surface area contributed by atoms with E-state index in [4.69, 9.17) is 5.26 Å². The van der Waals surface area contributed by atoms with E-state index in [-0.39, 0.29) is 19.0 Å². The molecule has 0 bridgehead atoms. The molecule has 0 radical (unpaired) electrons. The number of carbonyl (C=O) groups is 2. The Morgan fingerprint density at radius 3 is 2.40 bits per heavy atom. The summed E-state index contributed by atoms with van der Waals surface area (Å²) in [5.74, 6) is 4.21. The summed E-state index contributed by atoms with van der Waals surface area (Å²) in [5.41, 5.74) is 3.57. The first-order chi connectivity index (χ1) is 20.0. The molecule has 3 aromatic rings. The predicted octanol–water partition coefficient (Wildman–Crippen LogP) is 2.83. The molecule has 42 heavy (non-hydrogen) atoms. The van der Waals surface area contributed by atoms with Gasteiger partial charge in [-0.05, 0) is 48.2 Å². The van der Waals surface area contributed by atoms with Gasteiger partial charge in [0.1, 0.15) is 6.04 Å². The Morgan fingerprint density at radius 1 is 1.10 bits per heavy atom. The van der Waals surface area contributed by atoms with Crippen LogP contribution in [0, 0.1) is 29.2 Å². The zero-order valence-electron chi connectivity index (χ0n) is 23.3. The van der Waals surface area contributed by atoms with Crippen molar-refractivity contribution in [1.29, 1.82) is 5.26 Å². The Morgan fingerprint density at radius 2 is 1.79 bits per heavy atom. The number of piperazine rings is 1. The number of nitriles is 1. The van der Waals surface area contributed by atoms with E-state index in [0.29, 0.717) is 29.4 Å². The maximum Gasteiger partial charge on any atom is 0.322 e. The summed E-state index contributed by atoms with van der Waals surface area (Å²) in [4.78, 5) is 31.3. The standard InChI is InChI=1S/C29H30N6O5S2/c1-20(2)27(29(37)38)32-42(39,40)35-15-13-34(14-16-35)24-10-7-21(8-11-24)9-12-26-31-25(18-41-26)22-5-4-6-23(17-22)28(36)33(3)19-30/h4-8,10-11,17-18,20,27,32H,13-16H2,1-3H3,(H,37,38)/t27-/m1/s1. The molecule has 218 valence electrons. The number of carboxylic acid groups (broad SMARTS) is 1. The highest BCUT2D eigenvalue weighted by Gasteiger charge is 2.33. The number of amides is 1. The summed E-state index contributed by atoms with van der Waals surface area (Å²) in [7, 11) is -2.51. The minimum atomic E-state index is -3.92. The van der Waals surface area contributed by atoms with Crippen LogP contribution in [0.25, 0.3) is 11.3 Å². The number of hydrogen-bond donors (Lipinski definition) is 2. The quantitative estimate of drug-likeness (QED) is 0.226. The molecule has 2 aromatic carbocycles. The van der Waals surface area contributed by atoms with Gasteiger partial charge in [-0.15, -0.1) is 11.3 Å². The largest absolute Gasteiger partial charge is 0.480 e. The summed E-state index contributed by atoms with van der Waals surface area (Å²) >= 11 is 1.39. The zero-order chi connectivity index (χ0) is 30.4. The first-order valence-electron chi connectivity index (χ1n) is 13.1. The molecule has 1 fully saturated rings. The van der Waals surface area contributed by atoms with Gasteiger partial charge in [0.25, 0.3) is 16.1 Å². The van der Waals surface area contributed by atoms with Gasteiger partial charge in [-0.3, -0.25) is 9.59 Å². The maximum atomic E-state index is 12.7. The second kappa shape index (κ2) is 13.1. The molecule has 2 N–H and O–H groups in total. The number of aliphatic carboxylic acids is 1. The molecule has 1 atom stereocenters. The molecule has 0 spiro atoms. The zero-order valence-corrected chi connectivity index (χ0v) is 24.9. The number of carbonyl (C=O) groups excluding carboxylic acids is 1. The topological polar surface area (TPSA) is 147 Å². The Labute approximate surface area is 249 Å². The number of nitrogens with one attached hydrogen (secondary N) is 1. The normalized spacial score (nSPS) is 14.5. The van der Waals surface area contributed by atoms with Crippen LogP contribution in [-0.4, -0.2) is 78.9 Å². The van der Waals surface area contributed by atoms with E-state index in [9.17, 15) is 23.1 Å². The summed E-state index contributed by atoms with van der Waals surface area (Å²) in [6.45, 7) is 4.72. The Hall–Kier alpha value is -4.27. The minimum Gasteiger partial charge on any atom is -0.480 e. The fourth-order valence-electron chi connectivity index (χ4n) is 4.29. The second-order valence-corrected chi connectivity index (χ2v) is 12.5. The summed E-state index contributed by atoms with van der Waals surface area (Å²) < 4.78 is 29.0. The lowest BCUT2D eigenvalue weighted by Gasteiger charge is -2.36. The number of rotatable bonds is 8. The molecule has 1 aliphatic rings. The van der Waals surface area contributed by atoms with E-state index in [1.807, 2.05) is 35.7 Å². The van der Waals surface area contributed by atoms with Crippen LogP contribution in [0.2, 0.25) is 0 Å². The molecule has 11 nitrogen and oxygen atoms in total. The van der Waals surface area contributed by atoms with E-state index >= 15 is 0 Å². The van der Waals surface area contributed by atoms with Crippen LogP contribution in [0.4, 0.5) is 5.69 Å². The van der Waals surface area contributed by atoms with Gasteiger partial charge < -0.3 is 10.0 Å². The first kappa shape index (κ1) is 30.7. The molecular formula is C29H30N6O5S2. The number of anilines is 1. The molecule has 1 aliphatic heterocycles. The monoisotopic (exact) mass is 606 g/mol. The first-order valence-corrected chi connectivity index (χ1v) is 15.4. The van der Waals surface area contributed by atoms with Crippen LogP contribution >= 0.6 is 11.3 Å². The number of carboxylic acids is 1. The van der Waals surface area contributed by atoms with Gasteiger partial charge in [0, 0.05) is 61.0 Å². The number of nitrogens with zero attached hydrogens (tertiary/aromatic N) is 5. The SMILES string of the molecule is CC(C)[C@@H](NS(=O)(=O)N1CCN(c2ccc(C#Cc3nc(-c4cccc(C(=O)N(C)C#N)c4)cs3)cc2)CC1)C(=O)O. The summed E-state index contributed by atoms with van der Waals surface area (Å²) in [6.07, 6.45) is 1.81. The number of aromatic nitrogens is 1. The molecule has 2 heterocycles. The molecule has 4 rings (SSSR count). The van der Waals surface area contributed by atoms with Crippen LogP contribution in [0.5, 0.6) is 0 Å². The Bertz CT molecular complexity index is 1660. The van der Waals surface area contributed by atoms with Gasteiger partial charge >= 0.3 is 5.97 Å². The average Bonchev–Trinajstić information content (AvgIpc) is 3.47. The third kappa shape index (κ3) is 7.32. The summed E-state index contributed by atoms with van der Waals surface area (Å²) in [6, 6.07) is 13.4. The van der Waals surface area contributed by atoms with Crippen molar-refractivity contribution in [2.24, 2.45) is 5.92 Å². The molecule has 0 unspecified atom stereocenters.